The topological polar surface area (TPSA) is 177 Å². The fourth-order valence-electron chi connectivity index (χ4n) is 3.96. The van der Waals surface area contributed by atoms with Crippen LogP contribution in [0.2, 0.25) is 0 Å². The Kier molecular flexibility index (Phi) is 9.13. The van der Waals surface area contributed by atoms with E-state index >= 15 is 0 Å². The zero-order valence-electron chi connectivity index (χ0n) is 22.1. The Morgan fingerprint density at radius 3 is 2.65 bits per heavy atom. The van der Waals surface area contributed by atoms with Crippen molar-refractivity contribution < 1.29 is 24.3 Å². The molecule has 4 rings (SSSR count). The summed E-state index contributed by atoms with van der Waals surface area (Å²) in [6, 6.07) is 17.2. The number of anilines is 1. The van der Waals surface area contributed by atoms with Crippen LogP contribution in [0.15, 0.2) is 72.0 Å². The summed E-state index contributed by atoms with van der Waals surface area (Å²) in [6.45, 7) is 3.92. The molecule has 40 heavy (non-hydrogen) atoms. The summed E-state index contributed by atoms with van der Waals surface area (Å²) in [5.41, 5.74) is 9.26. The first-order valence-corrected chi connectivity index (χ1v) is 12.7. The highest BCUT2D eigenvalue weighted by Crippen LogP contribution is 2.20. The van der Waals surface area contributed by atoms with Gasteiger partial charge in [-0.05, 0) is 62.4 Å². The summed E-state index contributed by atoms with van der Waals surface area (Å²) in [5, 5.41) is 17.6. The maximum absolute atomic E-state index is 12.4. The van der Waals surface area contributed by atoms with Crippen molar-refractivity contribution in [2.24, 2.45) is 10.9 Å². The number of imidazole rings is 1. The number of carbonyl (C=O) groups is 2. The van der Waals surface area contributed by atoms with E-state index in [1.54, 1.807) is 50.4 Å². The zero-order valence-corrected chi connectivity index (χ0v) is 22.1. The number of nitrogens with two attached hydrogens (primary N) is 1. The Balaban J connectivity index is 1.24. The predicted octanol–water partition coefficient (Wildman–Crippen LogP) is 3.71. The highest BCUT2D eigenvalue weighted by molar-refractivity contribution is 5.97. The molecular formula is C28H31N7O5. The molecule has 0 bridgehead atoms. The quantitative estimate of drug-likeness (QED) is 0.0618. The van der Waals surface area contributed by atoms with Crippen LogP contribution in [0.1, 0.15) is 37.4 Å². The molecule has 2 aromatic carbocycles. The summed E-state index contributed by atoms with van der Waals surface area (Å²) < 4.78 is 10.8. The Bertz CT molecular complexity index is 1470. The molecule has 2 atom stereocenters. The fraction of sp³-hybridized carbons (Fsp3) is 0.250. The number of aromatic nitrogens is 3. The summed E-state index contributed by atoms with van der Waals surface area (Å²) in [7, 11) is 0. The molecule has 2 heterocycles. The number of nitrogens with zero attached hydrogens (tertiary/aromatic N) is 3. The van der Waals surface area contributed by atoms with Gasteiger partial charge in [-0.15, -0.1) is 0 Å². The van der Waals surface area contributed by atoms with Gasteiger partial charge in [0.25, 0.3) is 0 Å². The molecule has 0 saturated heterocycles. The number of oxime groups is 1. The van der Waals surface area contributed by atoms with E-state index in [1.165, 1.54) is 0 Å². The minimum absolute atomic E-state index is 0.00272. The van der Waals surface area contributed by atoms with Gasteiger partial charge in [-0.1, -0.05) is 11.2 Å². The van der Waals surface area contributed by atoms with Crippen LogP contribution >= 0.6 is 0 Å². The van der Waals surface area contributed by atoms with E-state index in [-0.39, 0.29) is 18.4 Å². The second-order valence-corrected chi connectivity index (χ2v) is 9.24. The van der Waals surface area contributed by atoms with Crippen LogP contribution < -0.4 is 21.1 Å². The van der Waals surface area contributed by atoms with Crippen LogP contribution in [-0.2, 0) is 22.5 Å². The fourth-order valence-corrected chi connectivity index (χ4v) is 3.96. The number of hydrogen-bond acceptors (Lipinski definition) is 9. The highest BCUT2D eigenvalue weighted by atomic mass is 16.6. The second kappa shape index (κ2) is 13.1. The minimum atomic E-state index is -0.682. The first-order valence-electron chi connectivity index (χ1n) is 12.7. The Morgan fingerprint density at radius 2 is 1.93 bits per heavy atom. The van der Waals surface area contributed by atoms with Gasteiger partial charge in [0, 0.05) is 41.7 Å². The average Bonchev–Trinajstić information content (AvgIpc) is 3.34. The van der Waals surface area contributed by atoms with E-state index in [1.807, 2.05) is 30.3 Å². The van der Waals surface area contributed by atoms with Gasteiger partial charge in [-0.25, -0.2) is 9.78 Å². The number of aromatic amines is 1. The number of nitrogens with one attached hydrogen (secondary N) is 3. The van der Waals surface area contributed by atoms with Gasteiger partial charge in [0.2, 0.25) is 0 Å². The lowest BCUT2D eigenvalue weighted by molar-refractivity contribution is -0.148. The standard InChI is InChI=1S/C28H31N7O5/c1-17(13-26(36)39-18(2)14-21-5-3-4-12-30-21)32-28(37)40-22-10-11-23-24(15-22)34-25(33-23)16-31-20-8-6-19(7-9-20)27(29)35-38/h3-12,15,17-18,31,38H,13-14,16H2,1-2H3,(H2,29,35)(H,32,37)(H,33,34). The maximum Gasteiger partial charge on any atom is 0.412 e. The third kappa shape index (κ3) is 7.93. The van der Waals surface area contributed by atoms with Crippen LogP contribution in [0.4, 0.5) is 10.5 Å². The average molecular weight is 546 g/mol. The lowest BCUT2D eigenvalue weighted by Crippen LogP contribution is -2.37. The summed E-state index contributed by atoms with van der Waals surface area (Å²) in [6.07, 6.45) is 1.18. The summed E-state index contributed by atoms with van der Waals surface area (Å²) >= 11 is 0. The molecule has 0 spiro atoms. The summed E-state index contributed by atoms with van der Waals surface area (Å²) in [4.78, 5) is 36.6. The van der Waals surface area contributed by atoms with Gasteiger partial charge in [0.1, 0.15) is 17.7 Å². The third-order valence-electron chi connectivity index (χ3n) is 5.85. The van der Waals surface area contributed by atoms with Crippen LogP contribution in [0.5, 0.6) is 5.75 Å². The number of fused-ring (bicyclic) bond motifs is 1. The molecule has 0 aliphatic rings. The van der Waals surface area contributed by atoms with Crippen LogP contribution in [0, 0.1) is 0 Å². The number of amidine groups is 1. The SMILES string of the molecule is CC(CC(=O)OC(C)Cc1ccccn1)NC(=O)Oc1ccc2nc(CNc3ccc(C(N)=NO)cc3)[nH]c2c1. The van der Waals surface area contributed by atoms with Gasteiger partial charge in [0.15, 0.2) is 5.84 Å². The van der Waals surface area contributed by atoms with Crippen molar-refractivity contribution in [3.8, 4) is 5.75 Å². The van der Waals surface area contributed by atoms with Crippen molar-refractivity contribution in [2.45, 2.75) is 45.4 Å². The van der Waals surface area contributed by atoms with E-state index in [2.05, 4.69) is 30.7 Å². The van der Waals surface area contributed by atoms with Crippen LogP contribution in [0.25, 0.3) is 11.0 Å². The monoisotopic (exact) mass is 545 g/mol. The van der Waals surface area contributed by atoms with Gasteiger partial charge in [-0.2, -0.15) is 0 Å². The van der Waals surface area contributed by atoms with E-state index in [9.17, 15) is 9.59 Å². The van der Waals surface area contributed by atoms with Gasteiger partial charge in [0.05, 0.1) is 24.0 Å². The molecule has 0 saturated carbocycles. The van der Waals surface area contributed by atoms with Crippen molar-refractivity contribution in [1.29, 1.82) is 0 Å². The predicted molar refractivity (Wildman–Crippen MR) is 149 cm³/mol. The van der Waals surface area contributed by atoms with E-state index < -0.39 is 18.1 Å². The molecule has 208 valence electrons. The normalized spacial score (nSPS) is 12.9. The second-order valence-electron chi connectivity index (χ2n) is 9.24. The van der Waals surface area contributed by atoms with Crippen LogP contribution in [-0.4, -0.2) is 50.2 Å². The summed E-state index contributed by atoms with van der Waals surface area (Å²) in [5.74, 6) is 0.622. The molecule has 6 N–H and O–H groups in total. The highest BCUT2D eigenvalue weighted by Gasteiger charge is 2.17. The number of pyridine rings is 1. The molecule has 0 aliphatic heterocycles. The van der Waals surface area contributed by atoms with Gasteiger partial charge >= 0.3 is 12.1 Å². The molecule has 12 heteroatoms. The number of ether oxygens (including phenoxy) is 2. The number of hydrogen-bond donors (Lipinski definition) is 5. The molecule has 2 aromatic heterocycles. The molecule has 0 aliphatic carbocycles. The maximum atomic E-state index is 12.4. The van der Waals surface area contributed by atoms with Crippen molar-refractivity contribution in [1.82, 2.24) is 20.3 Å². The number of H-pyrrole nitrogens is 1. The molecular weight excluding hydrogens is 514 g/mol. The van der Waals surface area contributed by atoms with Crippen molar-refractivity contribution in [2.75, 3.05) is 5.32 Å². The Hall–Kier alpha value is -5.13. The first-order chi connectivity index (χ1) is 19.3. The van der Waals surface area contributed by atoms with Crippen molar-refractivity contribution in [3.05, 3.63) is 83.9 Å². The van der Waals surface area contributed by atoms with Gasteiger partial charge in [-0.3, -0.25) is 9.78 Å². The molecule has 0 fully saturated rings. The smallest absolute Gasteiger partial charge is 0.412 e. The molecule has 4 aromatic rings. The molecule has 12 nitrogen and oxygen atoms in total. The lowest BCUT2D eigenvalue weighted by Gasteiger charge is -2.16. The zero-order chi connectivity index (χ0) is 28.5. The van der Waals surface area contributed by atoms with E-state index in [0.29, 0.717) is 41.1 Å². The molecule has 1 amide bonds. The largest absolute Gasteiger partial charge is 0.462 e. The number of carbonyl (C=O) groups excluding carboxylic acids is 2. The van der Waals surface area contributed by atoms with Crippen LogP contribution in [0.3, 0.4) is 0 Å². The van der Waals surface area contributed by atoms with Crippen molar-refractivity contribution >= 4 is 34.6 Å². The minimum Gasteiger partial charge on any atom is -0.462 e. The molecule has 0 radical (unpaired) electrons. The lowest BCUT2D eigenvalue weighted by atomic mass is 10.2. The van der Waals surface area contributed by atoms with Crippen molar-refractivity contribution in [3.63, 3.8) is 0 Å². The number of amides is 1. The number of esters is 1. The third-order valence-corrected chi connectivity index (χ3v) is 5.85. The van der Waals surface area contributed by atoms with E-state index in [4.69, 9.17) is 20.4 Å². The van der Waals surface area contributed by atoms with Gasteiger partial charge < -0.3 is 36.0 Å². The first kappa shape index (κ1) is 27.9. The Labute approximate surface area is 230 Å². The number of rotatable bonds is 11. The molecule has 2 unspecified atom stereocenters. The van der Waals surface area contributed by atoms with E-state index in [0.717, 1.165) is 11.4 Å². The Morgan fingerprint density at radius 1 is 1.12 bits per heavy atom. The number of benzene rings is 2.